The maximum absolute atomic E-state index is 12.1. The second-order valence-corrected chi connectivity index (χ2v) is 4.54. The average molecular weight is 233 g/mol. The Balaban J connectivity index is 2.28. The summed E-state index contributed by atoms with van der Waals surface area (Å²) in [4.78, 5) is 4.79. The van der Waals surface area contributed by atoms with Crippen LogP contribution in [0.3, 0.4) is 0 Å². The van der Waals surface area contributed by atoms with Gasteiger partial charge in [0.25, 0.3) is 0 Å². The summed E-state index contributed by atoms with van der Waals surface area (Å²) >= 11 is 0. The minimum Gasteiger partial charge on any atom is -0.497 e. The second-order valence-electron chi connectivity index (χ2n) is 3.11. The monoisotopic (exact) mass is 233 g/mol. The number of nitrogens with zero attached hydrogens (tertiary/aromatic N) is 1. The summed E-state index contributed by atoms with van der Waals surface area (Å²) in [5, 5.41) is 0.563. The maximum atomic E-state index is 12.1. The summed E-state index contributed by atoms with van der Waals surface area (Å²) in [6.07, 6.45) is 1.64. The highest BCUT2D eigenvalue weighted by Crippen LogP contribution is 2.17. The van der Waals surface area contributed by atoms with E-state index in [-0.39, 0.29) is 0 Å². The van der Waals surface area contributed by atoms with Crippen molar-refractivity contribution in [2.45, 2.75) is 9.92 Å². The van der Waals surface area contributed by atoms with E-state index in [9.17, 15) is 4.21 Å². The van der Waals surface area contributed by atoms with Crippen LogP contribution in [0.5, 0.6) is 5.75 Å². The lowest BCUT2D eigenvalue weighted by Crippen LogP contribution is -1.95. The Morgan fingerprint density at radius 2 is 1.88 bits per heavy atom. The standard InChI is InChI=1S/C12H11NO2S/c1-15-10-5-7-11(8-6-10)16(14)12-4-2-3-9-13-12/h2-9H,1H3. The lowest BCUT2D eigenvalue weighted by molar-refractivity contribution is 0.414. The van der Waals surface area contributed by atoms with Gasteiger partial charge in [-0.15, -0.1) is 0 Å². The zero-order valence-corrected chi connectivity index (χ0v) is 9.61. The number of aromatic nitrogens is 1. The third-order valence-corrected chi connectivity index (χ3v) is 3.42. The second kappa shape index (κ2) is 4.90. The Kier molecular flexibility index (Phi) is 3.31. The Bertz CT molecular complexity index is 482. The molecule has 1 heterocycles. The molecule has 2 rings (SSSR count). The van der Waals surface area contributed by atoms with Gasteiger partial charge in [-0.2, -0.15) is 0 Å². The molecule has 0 fully saturated rings. The van der Waals surface area contributed by atoms with Crippen molar-refractivity contribution in [3.63, 3.8) is 0 Å². The van der Waals surface area contributed by atoms with Gasteiger partial charge in [0.2, 0.25) is 0 Å². The highest BCUT2D eigenvalue weighted by atomic mass is 32.2. The molecule has 82 valence electrons. The van der Waals surface area contributed by atoms with Gasteiger partial charge < -0.3 is 4.74 Å². The van der Waals surface area contributed by atoms with Crippen LogP contribution >= 0.6 is 0 Å². The molecule has 1 aromatic heterocycles. The van der Waals surface area contributed by atoms with Crippen LogP contribution in [0.25, 0.3) is 0 Å². The van der Waals surface area contributed by atoms with Crippen molar-refractivity contribution in [2.24, 2.45) is 0 Å². The Morgan fingerprint density at radius 1 is 1.12 bits per heavy atom. The smallest absolute Gasteiger partial charge is 0.132 e. The Morgan fingerprint density at radius 3 is 2.44 bits per heavy atom. The molecule has 0 amide bonds. The summed E-state index contributed by atoms with van der Waals surface area (Å²) < 4.78 is 17.1. The minimum absolute atomic E-state index is 0.563. The number of pyridine rings is 1. The van der Waals surface area contributed by atoms with Crippen molar-refractivity contribution in [1.29, 1.82) is 0 Å². The molecule has 1 unspecified atom stereocenters. The molecule has 0 aliphatic heterocycles. The van der Waals surface area contributed by atoms with Gasteiger partial charge in [0.05, 0.1) is 7.11 Å². The van der Waals surface area contributed by atoms with Crippen LogP contribution in [0, 0.1) is 0 Å². The number of rotatable bonds is 3. The first-order chi connectivity index (χ1) is 7.81. The molecule has 0 saturated carbocycles. The van der Waals surface area contributed by atoms with E-state index in [1.165, 1.54) is 0 Å². The molecule has 0 saturated heterocycles. The quantitative estimate of drug-likeness (QED) is 0.816. The SMILES string of the molecule is COc1ccc(S(=O)c2ccccn2)cc1. The van der Waals surface area contributed by atoms with E-state index in [1.54, 1.807) is 49.7 Å². The molecule has 4 heteroatoms. The highest BCUT2D eigenvalue weighted by Gasteiger charge is 2.07. The van der Waals surface area contributed by atoms with Gasteiger partial charge in [0.1, 0.15) is 21.6 Å². The topological polar surface area (TPSA) is 39.2 Å². The molecular formula is C12H11NO2S. The first-order valence-corrected chi connectivity index (χ1v) is 5.93. The van der Waals surface area contributed by atoms with Gasteiger partial charge in [-0.25, -0.2) is 9.19 Å². The van der Waals surface area contributed by atoms with E-state index in [2.05, 4.69) is 4.98 Å². The van der Waals surface area contributed by atoms with Crippen LogP contribution in [0.1, 0.15) is 0 Å². The van der Waals surface area contributed by atoms with Crippen LogP contribution in [-0.4, -0.2) is 16.3 Å². The van der Waals surface area contributed by atoms with Gasteiger partial charge in [-0.1, -0.05) is 6.07 Å². The average Bonchev–Trinajstić information content (AvgIpc) is 2.39. The van der Waals surface area contributed by atoms with Gasteiger partial charge in [-0.3, -0.25) is 0 Å². The highest BCUT2D eigenvalue weighted by molar-refractivity contribution is 7.85. The van der Waals surface area contributed by atoms with E-state index >= 15 is 0 Å². The molecule has 0 aliphatic carbocycles. The summed E-state index contributed by atoms with van der Waals surface area (Å²) in [6.45, 7) is 0. The zero-order chi connectivity index (χ0) is 11.4. The predicted octanol–water partition coefficient (Wildman–Crippen LogP) is 2.26. The molecule has 16 heavy (non-hydrogen) atoms. The summed E-state index contributed by atoms with van der Waals surface area (Å²) in [5.74, 6) is 0.752. The molecule has 3 nitrogen and oxygen atoms in total. The normalized spacial score (nSPS) is 12.1. The number of hydrogen-bond donors (Lipinski definition) is 0. The maximum Gasteiger partial charge on any atom is 0.132 e. The first-order valence-electron chi connectivity index (χ1n) is 4.78. The lowest BCUT2D eigenvalue weighted by Gasteiger charge is -2.02. The van der Waals surface area contributed by atoms with Crippen molar-refractivity contribution in [1.82, 2.24) is 4.98 Å². The van der Waals surface area contributed by atoms with E-state index < -0.39 is 10.8 Å². The third-order valence-electron chi connectivity index (χ3n) is 2.10. The molecule has 0 N–H and O–H groups in total. The molecule has 1 aromatic carbocycles. The molecule has 0 radical (unpaired) electrons. The minimum atomic E-state index is -1.22. The molecule has 0 aliphatic rings. The van der Waals surface area contributed by atoms with Crippen LogP contribution in [0.2, 0.25) is 0 Å². The number of benzene rings is 1. The first kappa shape index (κ1) is 10.8. The zero-order valence-electron chi connectivity index (χ0n) is 8.79. The Labute approximate surface area is 96.6 Å². The largest absolute Gasteiger partial charge is 0.497 e. The van der Waals surface area contributed by atoms with Gasteiger partial charge in [0.15, 0.2) is 0 Å². The van der Waals surface area contributed by atoms with Crippen LogP contribution < -0.4 is 4.74 Å². The predicted molar refractivity (Wildman–Crippen MR) is 61.9 cm³/mol. The lowest BCUT2D eigenvalue weighted by atomic mass is 10.3. The fraction of sp³-hybridized carbons (Fsp3) is 0.0833. The van der Waals surface area contributed by atoms with E-state index in [0.717, 1.165) is 10.6 Å². The number of hydrogen-bond acceptors (Lipinski definition) is 3. The fourth-order valence-corrected chi connectivity index (χ4v) is 2.26. The fourth-order valence-electron chi connectivity index (χ4n) is 1.28. The van der Waals surface area contributed by atoms with Crippen LogP contribution in [-0.2, 0) is 10.8 Å². The Hall–Kier alpha value is -1.68. The molecule has 0 spiro atoms. The van der Waals surface area contributed by atoms with E-state index in [4.69, 9.17) is 4.74 Å². The van der Waals surface area contributed by atoms with E-state index in [0.29, 0.717) is 5.03 Å². The summed E-state index contributed by atoms with van der Waals surface area (Å²) in [6, 6.07) is 12.5. The summed E-state index contributed by atoms with van der Waals surface area (Å²) in [7, 11) is 0.378. The third kappa shape index (κ3) is 2.28. The van der Waals surface area contributed by atoms with E-state index in [1.807, 2.05) is 6.07 Å². The molecule has 0 bridgehead atoms. The van der Waals surface area contributed by atoms with Crippen molar-refractivity contribution in [2.75, 3.05) is 7.11 Å². The summed E-state index contributed by atoms with van der Waals surface area (Å²) in [5.41, 5.74) is 0. The van der Waals surface area contributed by atoms with Crippen molar-refractivity contribution in [3.8, 4) is 5.75 Å². The van der Waals surface area contributed by atoms with Crippen LogP contribution in [0.15, 0.2) is 58.6 Å². The number of methoxy groups -OCH3 is 1. The molecule has 2 aromatic rings. The molecule has 1 atom stereocenters. The van der Waals surface area contributed by atoms with Crippen molar-refractivity contribution < 1.29 is 8.95 Å². The molecular weight excluding hydrogens is 222 g/mol. The van der Waals surface area contributed by atoms with Crippen LogP contribution in [0.4, 0.5) is 0 Å². The van der Waals surface area contributed by atoms with Gasteiger partial charge in [-0.05, 0) is 36.4 Å². The van der Waals surface area contributed by atoms with Crippen molar-refractivity contribution in [3.05, 3.63) is 48.7 Å². The number of ether oxygens (including phenoxy) is 1. The van der Waals surface area contributed by atoms with Crippen molar-refractivity contribution >= 4 is 10.8 Å². The van der Waals surface area contributed by atoms with Gasteiger partial charge >= 0.3 is 0 Å². The van der Waals surface area contributed by atoms with Gasteiger partial charge in [0, 0.05) is 11.1 Å².